The van der Waals surface area contributed by atoms with Gasteiger partial charge in [0.2, 0.25) is 0 Å². The van der Waals surface area contributed by atoms with Gasteiger partial charge in [0.1, 0.15) is 0 Å². The van der Waals surface area contributed by atoms with Gasteiger partial charge in [-0.05, 0) is 26.7 Å². The quantitative estimate of drug-likeness (QED) is 0.683. The first-order chi connectivity index (χ1) is 7.13. The molecule has 0 saturated carbocycles. The normalized spacial score (nSPS) is 13.4. The van der Waals surface area contributed by atoms with E-state index in [1.54, 1.807) is 0 Å². The van der Waals surface area contributed by atoms with Gasteiger partial charge in [-0.3, -0.25) is 4.79 Å². The van der Waals surface area contributed by atoms with Crippen LogP contribution in [0.2, 0.25) is 0 Å². The predicted molar refractivity (Wildman–Crippen MR) is 62.3 cm³/mol. The van der Waals surface area contributed by atoms with Gasteiger partial charge in [0.15, 0.2) is 0 Å². The first-order valence-corrected chi connectivity index (χ1v) is 5.42. The number of carbonyl (C=O) groups is 2. The number of nitrogens with one attached hydrogen (secondary N) is 2. The molecule has 0 aliphatic rings. The standard InChI is InChI=1S/C11H22N2O3/c1-7(2)8(9(14)15)6-12-10(16)13-11(3,4)5/h7-8H,6H2,1-5H3,(H,14,15)(H2,12,13,16). The predicted octanol–water partition coefficient (Wildman–Crippen LogP) is 1.44. The smallest absolute Gasteiger partial charge is 0.315 e. The molecule has 5 nitrogen and oxygen atoms in total. The maximum atomic E-state index is 11.4. The molecule has 0 saturated heterocycles. The molecule has 1 atom stereocenters. The Bertz CT molecular complexity index is 256. The summed E-state index contributed by atoms with van der Waals surface area (Å²) in [4.78, 5) is 22.3. The van der Waals surface area contributed by atoms with Crippen LogP contribution in [0, 0.1) is 11.8 Å². The van der Waals surface area contributed by atoms with Gasteiger partial charge in [-0.25, -0.2) is 4.79 Å². The Balaban J connectivity index is 4.12. The van der Waals surface area contributed by atoms with Crippen LogP contribution in [0.3, 0.4) is 0 Å². The molecule has 0 fully saturated rings. The molecule has 16 heavy (non-hydrogen) atoms. The number of amides is 2. The molecular formula is C11H22N2O3. The number of hydrogen-bond donors (Lipinski definition) is 3. The summed E-state index contributed by atoms with van der Waals surface area (Å²) in [6, 6.07) is -0.334. The number of urea groups is 1. The fraction of sp³-hybridized carbons (Fsp3) is 0.818. The molecular weight excluding hydrogens is 208 g/mol. The number of aliphatic carboxylic acids is 1. The van der Waals surface area contributed by atoms with Crippen molar-refractivity contribution >= 4 is 12.0 Å². The van der Waals surface area contributed by atoms with Crippen LogP contribution in [0.4, 0.5) is 4.79 Å². The third-order valence-electron chi connectivity index (χ3n) is 2.09. The van der Waals surface area contributed by atoms with E-state index in [9.17, 15) is 9.59 Å². The Morgan fingerprint density at radius 1 is 1.25 bits per heavy atom. The Morgan fingerprint density at radius 2 is 1.75 bits per heavy atom. The van der Waals surface area contributed by atoms with Gasteiger partial charge in [0.05, 0.1) is 5.92 Å². The van der Waals surface area contributed by atoms with E-state index < -0.39 is 11.9 Å². The van der Waals surface area contributed by atoms with Gasteiger partial charge in [0, 0.05) is 12.1 Å². The average Bonchev–Trinajstić information content (AvgIpc) is 1.98. The highest BCUT2D eigenvalue weighted by atomic mass is 16.4. The summed E-state index contributed by atoms with van der Waals surface area (Å²) in [5.41, 5.74) is -0.319. The minimum absolute atomic E-state index is 0.00700. The van der Waals surface area contributed by atoms with E-state index in [2.05, 4.69) is 10.6 Å². The molecule has 0 aliphatic carbocycles. The van der Waals surface area contributed by atoms with Crippen LogP contribution < -0.4 is 10.6 Å². The lowest BCUT2D eigenvalue weighted by Gasteiger charge is -2.22. The lowest BCUT2D eigenvalue weighted by molar-refractivity contribution is -0.142. The second-order valence-corrected chi connectivity index (χ2v) is 5.27. The van der Waals surface area contributed by atoms with Crippen LogP contribution in [0.1, 0.15) is 34.6 Å². The van der Waals surface area contributed by atoms with E-state index in [0.29, 0.717) is 0 Å². The van der Waals surface area contributed by atoms with Gasteiger partial charge >= 0.3 is 12.0 Å². The van der Waals surface area contributed by atoms with Crippen LogP contribution in [0.15, 0.2) is 0 Å². The zero-order valence-corrected chi connectivity index (χ0v) is 10.6. The Labute approximate surface area is 96.6 Å². The summed E-state index contributed by atoms with van der Waals surface area (Å²) in [6.07, 6.45) is 0. The molecule has 94 valence electrons. The molecule has 2 amide bonds. The fourth-order valence-electron chi connectivity index (χ4n) is 1.20. The van der Waals surface area contributed by atoms with Crippen molar-refractivity contribution in [2.75, 3.05) is 6.54 Å². The number of carboxylic acid groups (broad SMARTS) is 1. The van der Waals surface area contributed by atoms with Crippen molar-refractivity contribution in [1.82, 2.24) is 10.6 Å². The average molecular weight is 230 g/mol. The molecule has 0 heterocycles. The van der Waals surface area contributed by atoms with E-state index >= 15 is 0 Å². The van der Waals surface area contributed by atoms with Gasteiger partial charge in [-0.1, -0.05) is 13.8 Å². The maximum Gasteiger partial charge on any atom is 0.315 e. The highest BCUT2D eigenvalue weighted by Gasteiger charge is 2.22. The summed E-state index contributed by atoms with van der Waals surface area (Å²) < 4.78 is 0. The molecule has 0 spiro atoms. The summed E-state index contributed by atoms with van der Waals surface area (Å²) in [5, 5.41) is 14.2. The summed E-state index contributed by atoms with van der Waals surface area (Å²) in [6.45, 7) is 9.39. The fourth-order valence-corrected chi connectivity index (χ4v) is 1.20. The Kier molecular flexibility index (Phi) is 5.27. The largest absolute Gasteiger partial charge is 0.481 e. The van der Waals surface area contributed by atoms with Crippen molar-refractivity contribution in [2.24, 2.45) is 11.8 Å². The van der Waals surface area contributed by atoms with Crippen LogP contribution >= 0.6 is 0 Å². The van der Waals surface area contributed by atoms with E-state index in [1.165, 1.54) is 0 Å². The van der Waals surface area contributed by atoms with Gasteiger partial charge in [-0.2, -0.15) is 0 Å². The van der Waals surface area contributed by atoms with Crippen molar-refractivity contribution in [3.63, 3.8) is 0 Å². The SMILES string of the molecule is CC(C)C(CNC(=O)NC(C)(C)C)C(=O)O. The highest BCUT2D eigenvalue weighted by molar-refractivity contribution is 5.76. The molecule has 0 rings (SSSR count). The Morgan fingerprint density at radius 3 is 2.06 bits per heavy atom. The molecule has 0 aliphatic heterocycles. The Hall–Kier alpha value is -1.26. The molecule has 0 radical (unpaired) electrons. The third-order valence-corrected chi connectivity index (χ3v) is 2.09. The second-order valence-electron chi connectivity index (χ2n) is 5.27. The second kappa shape index (κ2) is 5.72. The minimum atomic E-state index is -0.883. The molecule has 0 aromatic carbocycles. The summed E-state index contributed by atoms with van der Waals surface area (Å²) >= 11 is 0. The number of hydrogen-bond acceptors (Lipinski definition) is 2. The third kappa shape index (κ3) is 6.27. The summed E-state index contributed by atoms with van der Waals surface area (Å²) in [7, 11) is 0. The van der Waals surface area contributed by atoms with Crippen LogP contribution in [-0.2, 0) is 4.79 Å². The zero-order chi connectivity index (χ0) is 12.9. The lowest BCUT2D eigenvalue weighted by atomic mass is 9.96. The van der Waals surface area contributed by atoms with E-state index in [0.717, 1.165) is 0 Å². The zero-order valence-electron chi connectivity index (χ0n) is 10.6. The van der Waals surface area contributed by atoms with Gasteiger partial charge in [-0.15, -0.1) is 0 Å². The van der Waals surface area contributed by atoms with Gasteiger partial charge < -0.3 is 15.7 Å². The van der Waals surface area contributed by atoms with Crippen LogP contribution in [-0.4, -0.2) is 29.2 Å². The molecule has 5 heteroatoms. The minimum Gasteiger partial charge on any atom is -0.481 e. The lowest BCUT2D eigenvalue weighted by Crippen LogP contribution is -2.48. The van der Waals surface area contributed by atoms with Crippen molar-refractivity contribution in [1.29, 1.82) is 0 Å². The van der Waals surface area contributed by atoms with Gasteiger partial charge in [0.25, 0.3) is 0 Å². The van der Waals surface area contributed by atoms with Crippen molar-refractivity contribution in [2.45, 2.75) is 40.2 Å². The van der Waals surface area contributed by atoms with E-state index in [1.807, 2.05) is 34.6 Å². The van der Waals surface area contributed by atoms with E-state index in [4.69, 9.17) is 5.11 Å². The summed E-state index contributed by atoms with van der Waals surface area (Å²) in [5.74, 6) is -1.44. The molecule has 1 unspecified atom stereocenters. The van der Waals surface area contributed by atoms with Crippen molar-refractivity contribution in [3.05, 3.63) is 0 Å². The van der Waals surface area contributed by atoms with Crippen molar-refractivity contribution < 1.29 is 14.7 Å². The van der Waals surface area contributed by atoms with Crippen molar-refractivity contribution in [3.8, 4) is 0 Å². The highest BCUT2D eigenvalue weighted by Crippen LogP contribution is 2.09. The molecule has 3 N–H and O–H groups in total. The van der Waals surface area contributed by atoms with Crippen LogP contribution in [0.5, 0.6) is 0 Å². The topological polar surface area (TPSA) is 78.4 Å². The molecule has 0 aromatic heterocycles. The molecule has 0 bridgehead atoms. The number of carbonyl (C=O) groups excluding carboxylic acids is 1. The van der Waals surface area contributed by atoms with E-state index in [-0.39, 0.29) is 24.0 Å². The number of rotatable bonds is 4. The number of carboxylic acids is 1. The molecule has 0 aromatic rings. The monoisotopic (exact) mass is 230 g/mol. The first kappa shape index (κ1) is 14.7. The maximum absolute atomic E-state index is 11.4. The first-order valence-electron chi connectivity index (χ1n) is 5.42. The van der Waals surface area contributed by atoms with Crippen LogP contribution in [0.25, 0.3) is 0 Å².